The van der Waals surface area contributed by atoms with E-state index in [1.807, 2.05) is 24.3 Å². The monoisotopic (exact) mass is 513 g/mol. The van der Waals surface area contributed by atoms with Crippen molar-refractivity contribution >= 4 is 17.5 Å². The summed E-state index contributed by atoms with van der Waals surface area (Å²) in [6.07, 6.45) is 11.2. The number of hydrogen-bond donors (Lipinski definition) is 3. The average molecular weight is 514 g/mol. The molecule has 1 fully saturated rings. The Balaban J connectivity index is 1.51. The smallest absolute Gasteiger partial charge is 0.311 e. The third-order valence-electron chi connectivity index (χ3n) is 7.15. The van der Waals surface area contributed by atoms with Crippen LogP contribution in [0.2, 0.25) is 0 Å². The molecule has 1 aromatic rings. The number of benzene rings is 1. The SMILES string of the molecule is CC(C)c1cccc(CC(=O)C(=O)NOC2CC([C@@H]3CCC/C=C/CCCNNCCC3)C(=O)CO2)c1. The van der Waals surface area contributed by atoms with E-state index in [0.717, 1.165) is 69.2 Å². The Morgan fingerprint density at radius 2 is 1.81 bits per heavy atom. The molecule has 204 valence electrons. The molecule has 1 amide bonds. The van der Waals surface area contributed by atoms with Crippen LogP contribution in [0.15, 0.2) is 36.4 Å². The number of Topliss-reactive ketones (excluding diaryl/α,β-unsaturated/α-hetero) is 2. The highest BCUT2D eigenvalue weighted by Gasteiger charge is 2.36. The molecule has 0 saturated carbocycles. The average Bonchev–Trinajstić information content (AvgIpc) is 2.89. The summed E-state index contributed by atoms with van der Waals surface area (Å²) < 4.78 is 5.54. The molecule has 2 heterocycles. The van der Waals surface area contributed by atoms with Gasteiger partial charge in [0.2, 0.25) is 5.78 Å². The van der Waals surface area contributed by atoms with Crippen LogP contribution >= 0.6 is 0 Å². The summed E-state index contributed by atoms with van der Waals surface area (Å²) in [6, 6.07) is 7.69. The van der Waals surface area contributed by atoms with Crippen molar-refractivity contribution in [1.82, 2.24) is 16.3 Å². The number of carbonyl (C=O) groups excluding carboxylic acids is 3. The highest BCUT2D eigenvalue weighted by molar-refractivity contribution is 6.36. The molecule has 2 aliphatic heterocycles. The van der Waals surface area contributed by atoms with Crippen LogP contribution < -0.4 is 16.3 Å². The van der Waals surface area contributed by atoms with Gasteiger partial charge in [0.05, 0.1) is 0 Å². The van der Waals surface area contributed by atoms with Gasteiger partial charge in [-0.2, -0.15) is 0 Å². The molecular weight excluding hydrogens is 470 g/mol. The predicted octanol–water partition coefficient (Wildman–Crippen LogP) is 3.91. The van der Waals surface area contributed by atoms with Gasteiger partial charge in [0.25, 0.3) is 0 Å². The Bertz CT molecular complexity index is 917. The molecule has 0 radical (unpaired) electrons. The van der Waals surface area contributed by atoms with E-state index < -0.39 is 18.0 Å². The second-order valence-electron chi connectivity index (χ2n) is 10.4. The lowest BCUT2D eigenvalue weighted by molar-refractivity contribution is -0.210. The molecule has 1 aromatic carbocycles. The van der Waals surface area contributed by atoms with E-state index in [1.165, 1.54) is 0 Å². The highest BCUT2D eigenvalue weighted by atomic mass is 16.8. The topological polar surface area (TPSA) is 106 Å². The number of hydrazine groups is 1. The maximum absolute atomic E-state index is 12.8. The van der Waals surface area contributed by atoms with Crippen LogP contribution in [0.1, 0.15) is 82.3 Å². The number of amides is 1. The lowest BCUT2D eigenvalue weighted by atomic mass is 9.79. The van der Waals surface area contributed by atoms with Crippen molar-refractivity contribution in [3.63, 3.8) is 0 Å². The number of hydroxylamine groups is 1. The summed E-state index contributed by atoms with van der Waals surface area (Å²) in [5.74, 6) is -0.925. The molecule has 37 heavy (non-hydrogen) atoms. The molecule has 8 nitrogen and oxygen atoms in total. The van der Waals surface area contributed by atoms with E-state index in [-0.39, 0.29) is 30.6 Å². The number of hydrogen-bond acceptors (Lipinski definition) is 7. The number of nitrogens with one attached hydrogen (secondary N) is 3. The predicted molar refractivity (Wildman–Crippen MR) is 142 cm³/mol. The van der Waals surface area contributed by atoms with Crippen molar-refractivity contribution in [1.29, 1.82) is 0 Å². The Hall–Kier alpha value is -2.39. The summed E-state index contributed by atoms with van der Waals surface area (Å²) in [7, 11) is 0. The molecule has 8 heteroatoms. The van der Waals surface area contributed by atoms with Gasteiger partial charge < -0.3 is 4.74 Å². The first kappa shape index (κ1) is 29.2. The van der Waals surface area contributed by atoms with Crippen LogP contribution in [0.5, 0.6) is 0 Å². The van der Waals surface area contributed by atoms with Crippen molar-refractivity contribution < 1.29 is 24.0 Å². The van der Waals surface area contributed by atoms with Crippen LogP contribution in [-0.2, 0) is 30.4 Å². The van der Waals surface area contributed by atoms with E-state index in [4.69, 9.17) is 9.57 Å². The van der Waals surface area contributed by atoms with Gasteiger partial charge in [0.1, 0.15) is 6.61 Å². The van der Waals surface area contributed by atoms with Crippen LogP contribution in [-0.4, -0.2) is 43.5 Å². The Morgan fingerprint density at radius 1 is 1.08 bits per heavy atom. The van der Waals surface area contributed by atoms with Crippen molar-refractivity contribution in [3.05, 3.63) is 47.5 Å². The van der Waals surface area contributed by atoms with Crippen molar-refractivity contribution in [2.45, 2.75) is 83.8 Å². The first-order chi connectivity index (χ1) is 17.9. The lowest BCUT2D eigenvalue weighted by Gasteiger charge is -2.33. The number of carbonyl (C=O) groups is 3. The molecule has 1 saturated heterocycles. The summed E-state index contributed by atoms with van der Waals surface area (Å²) >= 11 is 0. The van der Waals surface area contributed by atoms with Gasteiger partial charge in [0.15, 0.2) is 12.1 Å². The van der Waals surface area contributed by atoms with Crippen molar-refractivity contribution in [2.24, 2.45) is 11.8 Å². The van der Waals surface area contributed by atoms with Gasteiger partial charge in [-0.05, 0) is 67.9 Å². The van der Waals surface area contributed by atoms with Gasteiger partial charge in [0, 0.05) is 31.8 Å². The van der Waals surface area contributed by atoms with Crippen molar-refractivity contribution in [3.8, 4) is 0 Å². The fraction of sp³-hybridized carbons (Fsp3) is 0.621. The first-order valence-corrected chi connectivity index (χ1v) is 13.8. The minimum absolute atomic E-state index is 0.00179. The third-order valence-corrected chi connectivity index (χ3v) is 7.15. The zero-order valence-corrected chi connectivity index (χ0v) is 22.3. The summed E-state index contributed by atoms with van der Waals surface area (Å²) in [4.78, 5) is 43.1. The van der Waals surface area contributed by atoms with Crippen LogP contribution in [0, 0.1) is 11.8 Å². The van der Waals surface area contributed by atoms with Crippen LogP contribution in [0.3, 0.4) is 0 Å². The molecule has 3 N–H and O–H groups in total. The summed E-state index contributed by atoms with van der Waals surface area (Å²) in [6.45, 7) is 5.90. The van der Waals surface area contributed by atoms with Crippen molar-refractivity contribution in [2.75, 3.05) is 19.7 Å². The second-order valence-corrected chi connectivity index (χ2v) is 10.4. The fourth-order valence-electron chi connectivity index (χ4n) is 4.95. The summed E-state index contributed by atoms with van der Waals surface area (Å²) in [5.41, 5.74) is 10.7. The molecule has 3 rings (SSSR count). The quantitative estimate of drug-likeness (QED) is 0.288. The first-order valence-electron chi connectivity index (χ1n) is 13.8. The normalized spacial score (nSPS) is 25.3. The minimum Gasteiger partial charge on any atom is -0.342 e. The highest BCUT2D eigenvalue weighted by Crippen LogP contribution is 2.32. The number of allylic oxidation sites excluding steroid dienone is 2. The zero-order chi connectivity index (χ0) is 26.5. The lowest BCUT2D eigenvalue weighted by Crippen LogP contribution is -2.43. The molecule has 0 spiro atoms. The van der Waals surface area contributed by atoms with Gasteiger partial charge >= 0.3 is 5.91 Å². The largest absolute Gasteiger partial charge is 0.342 e. The minimum atomic E-state index is -0.810. The molecule has 2 unspecified atom stereocenters. The molecule has 2 aliphatic rings. The standard InChI is InChI=1S/C29H43N3O5/c1-21(2)24-13-9-11-22(17-24)18-26(33)29(35)32-37-28-19-25(27(34)20-36-28)23-12-7-5-3-4-6-8-15-30-31-16-10-14-23/h3-4,9,11,13,17,21,23,25,28,30-31H,5-8,10,12,14-16,18-20H2,1-2H3,(H,32,35)/b4-3+/t23-,25?,28?/m1/s1. The molecule has 3 atom stereocenters. The number of ether oxygens (including phenoxy) is 1. The molecule has 0 bridgehead atoms. The number of rotatable bonds is 7. The summed E-state index contributed by atoms with van der Waals surface area (Å²) in [5, 5.41) is 0. The maximum atomic E-state index is 12.8. The van der Waals surface area contributed by atoms with Crippen LogP contribution in [0.25, 0.3) is 0 Å². The zero-order valence-electron chi connectivity index (χ0n) is 22.3. The molecule has 0 aliphatic carbocycles. The van der Waals surface area contributed by atoms with E-state index >= 15 is 0 Å². The number of ketones is 2. The van der Waals surface area contributed by atoms with E-state index in [9.17, 15) is 14.4 Å². The molecule has 0 aromatic heterocycles. The fourth-order valence-corrected chi connectivity index (χ4v) is 4.95. The van der Waals surface area contributed by atoms with Gasteiger partial charge in [-0.3, -0.25) is 25.2 Å². The second kappa shape index (κ2) is 15.8. The van der Waals surface area contributed by atoms with Gasteiger partial charge in [-0.1, -0.05) is 50.3 Å². The molecular formula is C29H43N3O5. The maximum Gasteiger partial charge on any atom is 0.311 e. The third kappa shape index (κ3) is 10.1. The van der Waals surface area contributed by atoms with E-state index in [2.05, 4.69) is 42.3 Å². The Labute approximate surface area is 220 Å². The Morgan fingerprint density at radius 3 is 2.59 bits per heavy atom. The van der Waals surface area contributed by atoms with Crippen LogP contribution in [0.4, 0.5) is 0 Å². The van der Waals surface area contributed by atoms with E-state index in [1.54, 1.807) is 0 Å². The van der Waals surface area contributed by atoms with E-state index in [0.29, 0.717) is 12.3 Å². The van der Waals surface area contributed by atoms with Gasteiger partial charge in [-0.25, -0.2) is 10.3 Å². The Kier molecular flexibility index (Phi) is 12.4. The van der Waals surface area contributed by atoms with Gasteiger partial charge in [-0.15, -0.1) is 0 Å².